The topological polar surface area (TPSA) is 49.7 Å². The summed E-state index contributed by atoms with van der Waals surface area (Å²) in [6, 6.07) is 15.4. The van der Waals surface area contributed by atoms with Crippen molar-refractivity contribution in [2.75, 3.05) is 16.4 Å². The largest absolute Gasteiger partial charge is 0.315 e. The van der Waals surface area contributed by atoms with Crippen molar-refractivity contribution < 1.29 is 8.42 Å². The first-order chi connectivity index (χ1) is 12.4. The molecule has 2 aromatic rings. The minimum Gasteiger partial charge on any atom is -0.315 e. The number of nitrogens with zero attached hydrogens (tertiary/aromatic N) is 2. The number of rotatable bonds is 3. The van der Waals surface area contributed by atoms with E-state index in [0.717, 1.165) is 21.1 Å². The van der Waals surface area contributed by atoms with Gasteiger partial charge in [0.15, 0.2) is 15.0 Å². The molecule has 0 N–H and O–H groups in total. The number of fused-ring (bicyclic) bond motifs is 1. The van der Waals surface area contributed by atoms with Crippen LogP contribution in [-0.4, -0.2) is 37.2 Å². The van der Waals surface area contributed by atoms with E-state index in [9.17, 15) is 8.42 Å². The van der Waals surface area contributed by atoms with Crippen LogP contribution in [0.15, 0.2) is 58.0 Å². The maximum absolute atomic E-state index is 12.1. The highest BCUT2D eigenvalue weighted by molar-refractivity contribution is 9.10. The van der Waals surface area contributed by atoms with Gasteiger partial charge in [-0.25, -0.2) is 8.42 Å². The average Bonchev–Trinajstić information content (AvgIpc) is 3.06. The molecule has 0 amide bonds. The highest BCUT2D eigenvalue weighted by atomic mass is 79.9. The molecule has 0 aromatic heterocycles. The molecule has 8 heteroatoms. The number of halogens is 2. The van der Waals surface area contributed by atoms with Crippen LogP contribution in [0, 0.1) is 0 Å². The van der Waals surface area contributed by atoms with Crippen LogP contribution in [0.4, 0.5) is 5.69 Å². The highest BCUT2D eigenvalue weighted by Gasteiger charge is 2.47. The summed E-state index contributed by atoms with van der Waals surface area (Å²) in [5.41, 5.74) is 2.13. The van der Waals surface area contributed by atoms with E-state index in [1.54, 1.807) is 11.8 Å². The zero-order valence-corrected chi connectivity index (χ0v) is 17.7. The lowest BCUT2D eigenvalue weighted by atomic mass is 10.1. The van der Waals surface area contributed by atoms with Gasteiger partial charge in [0, 0.05) is 20.9 Å². The Kier molecular flexibility index (Phi) is 5.07. The summed E-state index contributed by atoms with van der Waals surface area (Å²) in [5, 5.41) is 1.53. The van der Waals surface area contributed by atoms with Crippen molar-refractivity contribution >= 4 is 60.0 Å². The van der Waals surface area contributed by atoms with Gasteiger partial charge in [0.1, 0.15) is 0 Å². The zero-order chi connectivity index (χ0) is 18.3. The molecular weight excluding hydrogens is 456 g/mol. The van der Waals surface area contributed by atoms with Gasteiger partial charge in [-0.2, -0.15) is 0 Å². The molecule has 0 aliphatic carbocycles. The predicted molar refractivity (Wildman–Crippen MR) is 113 cm³/mol. The lowest BCUT2D eigenvalue weighted by Gasteiger charge is -2.26. The van der Waals surface area contributed by atoms with Crippen molar-refractivity contribution in [1.82, 2.24) is 0 Å². The Hall–Kier alpha value is -1.02. The van der Waals surface area contributed by atoms with Crippen molar-refractivity contribution in [3.8, 4) is 0 Å². The summed E-state index contributed by atoms with van der Waals surface area (Å²) in [6.07, 6.45) is 0. The number of benzene rings is 2. The average molecular weight is 472 g/mol. The van der Waals surface area contributed by atoms with Gasteiger partial charge in [0.05, 0.1) is 23.6 Å². The Labute approximate surface area is 170 Å². The third kappa shape index (κ3) is 3.81. The Morgan fingerprint density at radius 3 is 2.50 bits per heavy atom. The van der Waals surface area contributed by atoms with Crippen LogP contribution in [0.3, 0.4) is 0 Å². The van der Waals surface area contributed by atoms with Crippen LogP contribution < -0.4 is 4.90 Å². The van der Waals surface area contributed by atoms with Gasteiger partial charge in [0.25, 0.3) is 0 Å². The normalized spacial score (nSPS) is 23.8. The van der Waals surface area contributed by atoms with Crippen molar-refractivity contribution in [1.29, 1.82) is 0 Å². The molecule has 26 heavy (non-hydrogen) atoms. The predicted octanol–water partition coefficient (Wildman–Crippen LogP) is 4.38. The number of aliphatic imine (C=N–C) groups is 1. The first-order valence-corrected chi connectivity index (χ1v) is 12.1. The van der Waals surface area contributed by atoms with Gasteiger partial charge < -0.3 is 4.90 Å². The minimum atomic E-state index is -3.04. The second-order valence-electron chi connectivity index (χ2n) is 6.38. The van der Waals surface area contributed by atoms with Crippen LogP contribution in [-0.2, 0) is 15.6 Å². The van der Waals surface area contributed by atoms with Gasteiger partial charge in [0.2, 0.25) is 0 Å². The van der Waals surface area contributed by atoms with Crippen molar-refractivity contribution in [3.63, 3.8) is 0 Å². The fourth-order valence-electron chi connectivity index (χ4n) is 3.27. The Balaban J connectivity index is 1.60. The third-order valence-electron chi connectivity index (χ3n) is 4.49. The van der Waals surface area contributed by atoms with Crippen molar-refractivity contribution in [2.24, 2.45) is 4.99 Å². The number of thioether (sulfide) groups is 1. The summed E-state index contributed by atoms with van der Waals surface area (Å²) in [4.78, 5) is 6.81. The summed E-state index contributed by atoms with van der Waals surface area (Å²) in [6.45, 7) is 0. The molecule has 0 spiro atoms. The van der Waals surface area contributed by atoms with Crippen LogP contribution in [0.25, 0.3) is 0 Å². The molecule has 2 aliphatic rings. The number of sulfone groups is 1. The van der Waals surface area contributed by atoms with Crippen LogP contribution in [0.1, 0.15) is 5.56 Å². The molecule has 136 valence electrons. The van der Waals surface area contributed by atoms with E-state index in [2.05, 4.69) is 33.0 Å². The van der Waals surface area contributed by atoms with Crippen molar-refractivity contribution in [2.45, 2.75) is 17.8 Å². The van der Waals surface area contributed by atoms with Gasteiger partial charge >= 0.3 is 0 Å². The first kappa shape index (κ1) is 18.3. The molecule has 1 saturated heterocycles. The molecule has 2 aliphatic heterocycles. The fourth-order valence-corrected chi connectivity index (χ4v) is 6.58. The maximum atomic E-state index is 12.1. The van der Waals surface area contributed by atoms with E-state index in [1.165, 1.54) is 5.56 Å². The summed E-state index contributed by atoms with van der Waals surface area (Å²) in [5.74, 6) is 1.05. The number of anilines is 1. The summed E-state index contributed by atoms with van der Waals surface area (Å²) in [7, 11) is -3.04. The molecule has 2 unspecified atom stereocenters. The van der Waals surface area contributed by atoms with E-state index in [-0.39, 0.29) is 23.6 Å². The number of hydrogen-bond acceptors (Lipinski definition) is 5. The zero-order valence-electron chi connectivity index (χ0n) is 13.7. The van der Waals surface area contributed by atoms with Crippen LogP contribution in [0.2, 0.25) is 5.02 Å². The van der Waals surface area contributed by atoms with E-state index in [0.29, 0.717) is 5.02 Å². The molecule has 0 saturated carbocycles. The molecule has 1 fully saturated rings. The van der Waals surface area contributed by atoms with E-state index in [4.69, 9.17) is 16.6 Å². The quantitative estimate of drug-likeness (QED) is 0.667. The van der Waals surface area contributed by atoms with E-state index in [1.807, 2.05) is 36.4 Å². The number of hydrogen-bond donors (Lipinski definition) is 0. The Morgan fingerprint density at radius 1 is 1.12 bits per heavy atom. The molecule has 2 heterocycles. The molecule has 4 nitrogen and oxygen atoms in total. The van der Waals surface area contributed by atoms with Gasteiger partial charge in [-0.1, -0.05) is 51.4 Å². The van der Waals surface area contributed by atoms with Crippen LogP contribution >= 0.6 is 39.3 Å². The first-order valence-electron chi connectivity index (χ1n) is 8.11. The number of amidine groups is 1. The molecule has 2 atom stereocenters. The Bertz CT molecular complexity index is 946. The minimum absolute atomic E-state index is 0.129. The van der Waals surface area contributed by atoms with Gasteiger partial charge in [-0.05, 0) is 42.0 Å². The molecule has 2 aromatic carbocycles. The highest BCUT2D eigenvalue weighted by Crippen LogP contribution is 2.36. The summed E-state index contributed by atoms with van der Waals surface area (Å²) < 4.78 is 25.2. The second-order valence-corrected chi connectivity index (χ2v) is 10.8. The summed E-state index contributed by atoms with van der Waals surface area (Å²) >= 11 is 11.1. The lowest BCUT2D eigenvalue weighted by Crippen LogP contribution is -2.39. The lowest BCUT2D eigenvalue weighted by molar-refractivity contribution is 0.601. The maximum Gasteiger partial charge on any atom is 0.164 e. The van der Waals surface area contributed by atoms with Crippen LogP contribution in [0.5, 0.6) is 0 Å². The molecule has 4 rings (SSSR count). The van der Waals surface area contributed by atoms with E-state index < -0.39 is 9.84 Å². The standard InChI is InChI=1S/C18H16BrClN2O2S2/c19-13-3-1-12(2-4-13)9-25-18-21-16-10-26(23,24)11-17(16)22(18)15-7-5-14(20)6-8-15/h1-8,16-17H,9-11H2. The fraction of sp³-hybridized carbons (Fsp3) is 0.278. The smallest absolute Gasteiger partial charge is 0.164 e. The van der Waals surface area contributed by atoms with Gasteiger partial charge in [-0.15, -0.1) is 0 Å². The monoisotopic (exact) mass is 470 g/mol. The van der Waals surface area contributed by atoms with Gasteiger partial charge in [-0.3, -0.25) is 4.99 Å². The second kappa shape index (κ2) is 7.19. The third-order valence-corrected chi connectivity index (χ3v) is 8.01. The Morgan fingerprint density at radius 2 is 1.81 bits per heavy atom. The van der Waals surface area contributed by atoms with Crippen molar-refractivity contribution in [3.05, 3.63) is 63.6 Å². The van der Waals surface area contributed by atoms with E-state index >= 15 is 0 Å². The SMILES string of the molecule is O=S1(=O)CC2N=C(SCc3ccc(Br)cc3)N(c3ccc(Cl)cc3)C2C1. The molecular formula is C18H16BrClN2O2S2. The molecule has 0 radical (unpaired) electrons. The molecule has 0 bridgehead atoms.